The van der Waals surface area contributed by atoms with Crippen molar-refractivity contribution >= 4 is 32.7 Å². The number of aromatic nitrogens is 1. The summed E-state index contributed by atoms with van der Waals surface area (Å²) in [5.41, 5.74) is 1.75. The Hall–Kier alpha value is -0.800. The summed E-state index contributed by atoms with van der Waals surface area (Å²) in [6.07, 6.45) is 1.06. The van der Waals surface area contributed by atoms with Crippen LogP contribution in [0.2, 0.25) is 0 Å². The van der Waals surface area contributed by atoms with Crippen LogP contribution >= 0.6 is 22.7 Å². The number of thiazole rings is 1. The van der Waals surface area contributed by atoms with Gasteiger partial charge in [0.25, 0.3) is 0 Å². The Balaban J connectivity index is 1.95. The van der Waals surface area contributed by atoms with Crippen molar-refractivity contribution in [2.75, 3.05) is 6.54 Å². The number of sulfonamides is 1. The van der Waals surface area contributed by atoms with Crippen molar-refractivity contribution in [3.8, 4) is 0 Å². The molecule has 2 aromatic heterocycles. The van der Waals surface area contributed by atoms with Crippen molar-refractivity contribution in [2.45, 2.75) is 37.6 Å². The van der Waals surface area contributed by atoms with Crippen LogP contribution in [0.15, 0.2) is 21.0 Å². The van der Waals surface area contributed by atoms with Crippen LogP contribution in [0.4, 0.5) is 0 Å². The number of aryl methyl sites for hydroxylation is 1. The largest absolute Gasteiger partial charge is 0.313 e. The Bertz CT molecular complexity index is 676. The zero-order valence-electron chi connectivity index (χ0n) is 12.0. The molecular formula is C13H19N3O2S3. The maximum Gasteiger partial charge on any atom is 0.250 e. The van der Waals surface area contributed by atoms with E-state index in [2.05, 4.69) is 21.9 Å². The van der Waals surface area contributed by atoms with Gasteiger partial charge in [0.15, 0.2) is 0 Å². The Labute approximate surface area is 133 Å². The van der Waals surface area contributed by atoms with Gasteiger partial charge in [0, 0.05) is 11.9 Å². The van der Waals surface area contributed by atoms with Gasteiger partial charge >= 0.3 is 0 Å². The van der Waals surface area contributed by atoms with Crippen molar-refractivity contribution in [1.82, 2.24) is 15.0 Å². The minimum Gasteiger partial charge on any atom is -0.313 e. The highest BCUT2D eigenvalue weighted by Gasteiger charge is 2.17. The molecule has 2 N–H and O–H groups in total. The highest BCUT2D eigenvalue weighted by molar-refractivity contribution is 7.91. The van der Waals surface area contributed by atoms with E-state index in [9.17, 15) is 8.42 Å². The van der Waals surface area contributed by atoms with Crippen LogP contribution in [0, 0.1) is 6.92 Å². The fourth-order valence-electron chi connectivity index (χ4n) is 1.73. The Morgan fingerprint density at radius 1 is 1.24 bits per heavy atom. The number of thiophene rings is 1. The molecule has 2 aromatic rings. The molecule has 0 saturated heterocycles. The second-order valence-corrected chi connectivity index (χ2v) is 8.60. The maximum atomic E-state index is 12.2. The Morgan fingerprint density at radius 2 is 2.05 bits per heavy atom. The molecule has 116 valence electrons. The van der Waals surface area contributed by atoms with Gasteiger partial charge < -0.3 is 5.32 Å². The van der Waals surface area contributed by atoms with Crippen molar-refractivity contribution in [2.24, 2.45) is 0 Å². The van der Waals surface area contributed by atoms with E-state index < -0.39 is 10.0 Å². The first-order valence-corrected chi connectivity index (χ1v) is 9.94. The minimum atomic E-state index is -3.45. The summed E-state index contributed by atoms with van der Waals surface area (Å²) >= 11 is 2.76. The lowest BCUT2D eigenvalue weighted by Crippen LogP contribution is -2.22. The molecule has 8 heteroatoms. The number of nitrogens with zero attached hydrogens (tertiary/aromatic N) is 1. The number of nitrogens with one attached hydrogen (secondary N) is 2. The average molecular weight is 346 g/mol. The molecule has 0 amide bonds. The van der Waals surface area contributed by atoms with E-state index in [-0.39, 0.29) is 6.54 Å². The lowest BCUT2D eigenvalue weighted by molar-refractivity contribution is 0.582. The standard InChI is InChI=1S/C13H19N3O2S3/c1-3-4-14-6-11-5-13(20-8-11)21(17,18)15-7-12-9-19-10(2)16-12/h5,8-9,14-15H,3-4,6-7H2,1-2H3. The Morgan fingerprint density at radius 3 is 2.71 bits per heavy atom. The van der Waals surface area contributed by atoms with Gasteiger partial charge in [-0.05, 0) is 36.9 Å². The molecule has 0 fully saturated rings. The quantitative estimate of drug-likeness (QED) is 0.721. The molecule has 0 unspecified atom stereocenters. The summed E-state index contributed by atoms with van der Waals surface area (Å²) in [6.45, 7) is 5.86. The van der Waals surface area contributed by atoms with E-state index in [1.807, 2.05) is 17.7 Å². The molecule has 0 spiro atoms. The van der Waals surface area contributed by atoms with Crippen LogP contribution in [0.3, 0.4) is 0 Å². The van der Waals surface area contributed by atoms with Crippen molar-refractivity contribution < 1.29 is 8.42 Å². The molecule has 0 aliphatic rings. The zero-order valence-corrected chi connectivity index (χ0v) is 14.5. The molecule has 21 heavy (non-hydrogen) atoms. The SMILES string of the molecule is CCCNCc1csc(S(=O)(=O)NCc2csc(C)n2)c1. The van der Waals surface area contributed by atoms with Crippen molar-refractivity contribution in [1.29, 1.82) is 0 Å². The highest BCUT2D eigenvalue weighted by atomic mass is 32.2. The first kappa shape index (κ1) is 16.6. The third-order valence-corrected chi connectivity index (χ3v) is 6.47. The maximum absolute atomic E-state index is 12.2. The predicted molar refractivity (Wildman–Crippen MR) is 87.2 cm³/mol. The van der Waals surface area contributed by atoms with Crippen LogP contribution in [-0.2, 0) is 23.1 Å². The zero-order chi connectivity index (χ0) is 15.3. The molecule has 0 bridgehead atoms. The molecule has 5 nitrogen and oxygen atoms in total. The fourth-order valence-corrected chi connectivity index (χ4v) is 4.59. The smallest absolute Gasteiger partial charge is 0.250 e. The number of hydrogen-bond donors (Lipinski definition) is 2. The van der Waals surface area contributed by atoms with Gasteiger partial charge in [-0.15, -0.1) is 22.7 Å². The van der Waals surface area contributed by atoms with E-state index >= 15 is 0 Å². The topological polar surface area (TPSA) is 71.1 Å². The van der Waals surface area contributed by atoms with Gasteiger partial charge in [-0.25, -0.2) is 18.1 Å². The molecule has 0 atom stereocenters. The van der Waals surface area contributed by atoms with Gasteiger partial charge in [-0.3, -0.25) is 0 Å². The average Bonchev–Trinajstić information content (AvgIpc) is 3.06. The van der Waals surface area contributed by atoms with Gasteiger partial charge in [0.05, 0.1) is 17.2 Å². The second-order valence-electron chi connectivity index (χ2n) is 4.63. The summed E-state index contributed by atoms with van der Waals surface area (Å²) < 4.78 is 27.4. The number of hydrogen-bond acceptors (Lipinski definition) is 6. The molecule has 0 saturated carbocycles. The number of rotatable bonds is 8. The van der Waals surface area contributed by atoms with Gasteiger partial charge in [-0.1, -0.05) is 6.92 Å². The molecule has 2 heterocycles. The molecule has 0 radical (unpaired) electrons. The van der Waals surface area contributed by atoms with E-state index in [1.165, 1.54) is 22.7 Å². The fraction of sp³-hybridized carbons (Fsp3) is 0.462. The summed E-state index contributed by atoms with van der Waals surface area (Å²) in [6, 6.07) is 1.72. The monoisotopic (exact) mass is 345 g/mol. The van der Waals surface area contributed by atoms with Gasteiger partial charge in [0.1, 0.15) is 4.21 Å². The molecule has 2 rings (SSSR count). The third-order valence-electron chi connectivity index (χ3n) is 2.76. The Kier molecular flexibility index (Phi) is 5.88. The van der Waals surface area contributed by atoms with Crippen LogP contribution in [0.1, 0.15) is 29.6 Å². The first-order valence-electron chi connectivity index (χ1n) is 6.70. The van der Waals surface area contributed by atoms with E-state index in [1.54, 1.807) is 6.07 Å². The van der Waals surface area contributed by atoms with Crippen molar-refractivity contribution in [3.05, 3.63) is 33.1 Å². The van der Waals surface area contributed by atoms with Crippen LogP contribution in [0.25, 0.3) is 0 Å². The van der Waals surface area contributed by atoms with Gasteiger partial charge in [0.2, 0.25) is 10.0 Å². The molecule has 0 aromatic carbocycles. The lowest BCUT2D eigenvalue weighted by Gasteiger charge is -2.02. The summed E-state index contributed by atoms with van der Waals surface area (Å²) in [5.74, 6) is 0. The van der Waals surface area contributed by atoms with Crippen molar-refractivity contribution in [3.63, 3.8) is 0 Å². The minimum absolute atomic E-state index is 0.230. The third kappa shape index (κ3) is 4.86. The molecule has 0 aliphatic carbocycles. The van der Waals surface area contributed by atoms with Crippen LogP contribution in [-0.4, -0.2) is 19.9 Å². The summed E-state index contributed by atoms with van der Waals surface area (Å²) in [7, 11) is -3.45. The highest BCUT2D eigenvalue weighted by Crippen LogP contribution is 2.20. The molecule has 0 aliphatic heterocycles. The lowest BCUT2D eigenvalue weighted by atomic mass is 10.3. The summed E-state index contributed by atoms with van der Waals surface area (Å²) in [5, 5.41) is 7.94. The van der Waals surface area contributed by atoms with E-state index in [4.69, 9.17) is 0 Å². The van der Waals surface area contributed by atoms with E-state index in [0.717, 1.165) is 29.2 Å². The second kappa shape index (κ2) is 7.46. The summed E-state index contributed by atoms with van der Waals surface area (Å²) in [4.78, 5) is 4.25. The van der Waals surface area contributed by atoms with E-state index in [0.29, 0.717) is 10.8 Å². The molecular weight excluding hydrogens is 326 g/mol. The van der Waals surface area contributed by atoms with Gasteiger partial charge in [-0.2, -0.15) is 0 Å². The predicted octanol–water partition coefficient (Wildman–Crippen LogP) is 2.49. The van der Waals surface area contributed by atoms with Crippen LogP contribution < -0.4 is 10.0 Å². The first-order chi connectivity index (χ1) is 10.0. The normalized spacial score (nSPS) is 11.9. The van der Waals surface area contributed by atoms with Crippen LogP contribution in [0.5, 0.6) is 0 Å².